The van der Waals surface area contributed by atoms with Crippen molar-refractivity contribution in [1.82, 2.24) is 0 Å². The Morgan fingerprint density at radius 2 is 0.800 bits per heavy atom. The summed E-state index contributed by atoms with van der Waals surface area (Å²) in [4.78, 5) is 24.3. The maximum Gasteiger partial charge on any atom is 0.306 e. The van der Waals surface area contributed by atoms with Crippen molar-refractivity contribution < 1.29 is 24.2 Å². The predicted octanol–water partition coefficient (Wildman–Crippen LogP) is 13.6. The highest BCUT2D eigenvalue weighted by molar-refractivity contribution is 5.70. The third-order valence-electron chi connectivity index (χ3n) is 9.41. The highest BCUT2D eigenvalue weighted by Crippen LogP contribution is 2.14. The van der Waals surface area contributed by atoms with Gasteiger partial charge >= 0.3 is 11.9 Å². The smallest absolute Gasteiger partial charge is 0.306 e. The van der Waals surface area contributed by atoms with Crippen LogP contribution < -0.4 is 0 Å². The number of aliphatic hydroxyl groups excluding tert-OH is 1. The van der Waals surface area contributed by atoms with Crippen LogP contribution in [-0.2, 0) is 19.1 Å². The summed E-state index contributed by atoms with van der Waals surface area (Å²) in [7, 11) is 0. The zero-order valence-electron chi connectivity index (χ0n) is 33.2. The van der Waals surface area contributed by atoms with Crippen molar-refractivity contribution in [3.8, 4) is 0 Å². The van der Waals surface area contributed by atoms with Gasteiger partial charge in [0, 0.05) is 12.8 Å². The lowest BCUT2D eigenvalue weighted by Gasteiger charge is -2.15. The average Bonchev–Trinajstić information content (AvgIpc) is 3.12. The van der Waals surface area contributed by atoms with E-state index in [1.165, 1.54) is 141 Å². The van der Waals surface area contributed by atoms with Crippen molar-refractivity contribution in [2.75, 3.05) is 13.2 Å². The second-order valence-corrected chi connectivity index (χ2v) is 14.4. The first kappa shape index (κ1) is 48.1. The van der Waals surface area contributed by atoms with Crippen LogP contribution in [0.2, 0.25) is 0 Å². The summed E-state index contributed by atoms with van der Waals surface area (Å²) in [5.41, 5.74) is 0. The number of carbonyl (C=O) groups is 2. The molecule has 0 aromatic rings. The first-order valence-corrected chi connectivity index (χ1v) is 21.5. The lowest BCUT2D eigenvalue weighted by Crippen LogP contribution is -2.28. The summed E-state index contributed by atoms with van der Waals surface area (Å²) in [5.74, 6) is -0.597. The minimum Gasteiger partial charge on any atom is -0.462 e. The molecule has 5 heteroatoms. The van der Waals surface area contributed by atoms with Crippen LogP contribution in [-0.4, -0.2) is 36.4 Å². The third kappa shape index (κ3) is 38.9. The Hall–Kier alpha value is -1.88. The zero-order valence-corrected chi connectivity index (χ0v) is 33.2. The van der Waals surface area contributed by atoms with E-state index >= 15 is 0 Å². The molecule has 0 fully saturated rings. The number of hydrogen-bond donors (Lipinski definition) is 1. The standard InChI is InChI=1S/C45H82O5/c1-3-5-7-9-11-13-15-17-19-21-22-24-26-28-30-32-34-36-38-40-45(48)50-43(41-46)42-49-44(47)39-37-35-33-31-29-27-25-23-20-18-16-14-12-10-8-6-4-2/h12,14,17-20,43,46H,3-11,13,15-16,21-42H2,1-2H3/b14-12+,19-17+,20-18+/t43-/m0/s1. The fraction of sp³-hybridized carbons (Fsp3) is 0.822. The largest absolute Gasteiger partial charge is 0.462 e. The molecule has 0 aliphatic heterocycles. The van der Waals surface area contributed by atoms with Gasteiger partial charge in [0.1, 0.15) is 6.61 Å². The third-order valence-corrected chi connectivity index (χ3v) is 9.41. The molecular weight excluding hydrogens is 620 g/mol. The van der Waals surface area contributed by atoms with Gasteiger partial charge in [-0.25, -0.2) is 0 Å². The summed E-state index contributed by atoms with van der Waals surface area (Å²) in [5, 5.41) is 9.58. The minimum absolute atomic E-state index is 0.0692. The minimum atomic E-state index is -0.774. The van der Waals surface area contributed by atoms with Gasteiger partial charge in [0.05, 0.1) is 6.61 Å². The summed E-state index contributed by atoms with van der Waals surface area (Å²) in [6, 6.07) is 0. The van der Waals surface area contributed by atoms with Crippen molar-refractivity contribution in [2.24, 2.45) is 0 Å². The van der Waals surface area contributed by atoms with Crippen LogP contribution >= 0.6 is 0 Å². The lowest BCUT2D eigenvalue weighted by atomic mass is 10.1. The maximum absolute atomic E-state index is 12.2. The van der Waals surface area contributed by atoms with Gasteiger partial charge in [-0.3, -0.25) is 9.59 Å². The van der Waals surface area contributed by atoms with Crippen molar-refractivity contribution in [1.29, 1.82) is 0 Å². The molecule has 0 amide bonds. The molecule has 0 aromatic carbocycles. The molecule has 0 rings (SSSR count). The molecular formula is C45H82O5. The molecule has 0 bridgehead atoms. The molecule has 0 saturated heterocycles. The Labute approximate surface area is 310 Å². The second-order valence-electron chi connectivity index (χ2n) is 14.4. The van der Waals surface area contributed by atoms with Crippen LogP contribution in [0.15, 0.2) is 36.5 Å². The van der Waals surface area contributed by atoms with Gasteiger partial charge in [0.15, 0.2) is 6.10 Å². The number of aliphatic hydroxyl groups is 1. The molecule has 0 aliphatic carbocycles. The molecule has 1 atom stereocenters. The van der Waals surface area contributed by atoms with Gasteiger partial charge in [-0.05, 0) is 70.6 Å². The first-order chi connectivity index (χ1) is 24.6. The van der Waals surface area contributed by atoms with Crippen LogP contribution in [0.1, 0.15) is 219 Å². The molecule has 1 N–H and O–H groups in total. The first-order valence-electron chi connectivity index (χ1n) is 21.5. The van der Waals surface area contributed by atoms with Crippen LogP contribution in [0.25, 0.3) is 0 Å². The van der Waals surface area contributed by atoms with Gasteiger partial charge in [-0.2, -0.15) is 0 Å². The maximum atomic E-state index is 12.2. The van der Waals surface area contributed by atoms with E-state index in [1.54, 1.807) is 0 Å². The monoisotopic (exact) mass is 703 g/mol. The molecule has 0 heterocycles. The molecule has 292 valence electrons. The van der Waals surface area contributed by atoms with Gasteiger partial charge < -0.3 is 14.6 Å². The summed E-state index contributed by atoms with van der Waals surface area (Å²) < 4.78 is 10.6. The van der Waals surface area contributed by atoms with Gasteiger partial charge in [0.25, 0.3) is 0 Å². The molecule has 0 aliphatic rings. The summed E-state index contributed by atoms with van der Waals surface area (Å²) in [6.45, 7) is 4.11. The average molecular weight is 703 g/mol. The SMILES string of the molecule is CCCCC/C=C/C/C=C/CCCCCCCCCC(=O)OC[C@H](CO)OC(=O)CCCCCCCCCCC/C=C/CCCCCCCC. The molecule has 0 aromatic heterocycles. The van der Waals surface area contributed by atoms with E-state index in [0.29, 0.717) is 12.8 Å². The van der Waals surface area contributed by atoms with Crippen LogP contribution in [0.4, 0.5) is 0 Å². The van der Waals surface area contributed by atoms with Crippen molar-refractivity contribution in [3.63, 3.8) is 0 Å². The van der Waals surface area contributed by atoms with Gasteiger partial charge in [0.2, 0.25) is 0 Å². The lowest BCUT2D eigenvalue weighted by molar-refractivity contribution is -0.161. The number of unbranched alkanes of at least 4 members (excludes halogenated alkanes) is 25. The number of carbonyl (C=O) groups excluding carboxylic acids is 2. The highest BCUT2D eigenvalue weighted by atomic mass is 16.6. The summed E-state index contributed by atoms with van der Waals surface area (Å²) >= 11 is 0. The Balaban J connectivity index is 3.54. The Kier molecular flexibility index (Phi) is 40.0. The van der Waals surface area contributed by atoms with E-state index in [-0.39, 0.29) is 25.2 Å². The van der Waals surface area contributed by atoms with Crippen molar-refractivity contribution >= 4 is 11.9 Å². The molecule has 5 nitrogen and oxygen atoms in total. The quantitative estimate of drug-likeness (QED) is 0.0392. The van der Waals surface area contributed by atoms with Gasteiger partial charge in [-0.1, -0.05) is 172 Å². The Morgan fingerprint density at radius 3 is 1.24 bits per heavy atom. The van der Waals surface area contributed by atoms with E-state index in [0.717, 1.165) is 51.4 Å². The molecule has 0 spiro atoms. The fourth-order valence-corrected chi connectivity index (χ4v) is 6.11. The number of esters is 2. The number of allylic oxidation sites excluding steroid dienone is 6. The van der Waals surface area contributed by atoms with E-state index in [1.807, 2.05) is 0 Å². The van der Waals surface area contributed by atoms with E-state index in [4.69, 9.17) is 9.47 Å². The van der Waals surface area contributed by atoms with Crippen molar-refractivity contribution in [3.05, 3.63) is 36.5 Å². The summed E-state index contributed by atoms with van der Waals surface area (Å²) in [6.07, 6.45) is 50.6. The van der Waals surface area contributed by atoms with Gasteiger partial charge in [-0.15, -0.1) is 0 Å². The normalized spacial score (nSPS) is 12.5. The van der Waals surface area contributed by atoms with Crippen LogP contribution in [0.3, 0.4) is 0 Å². The molecule has 0 radical (unpaired) electrons. The Morgan fingerprint density at radius 1 is 0.460 bits per heavy atom. The molecule has 0 saturated carbocycles. The van der Waals surface area contributed by atoms with Crippen LogP contribution in [0, 0.1) is 0 Å². The van der Waals surface area contributed by atoms with Crippen molar-refractivity contribution in [2.45, 2.75) is 225 Å². The Bertz CT molecular complexity index is 801. The number of rotatable bonds is 39. The van der Waals surface area contributed by atoms with E-state index in [9.17, 15) is 14.7 Å². The number of ether oxygens (including phenoxy) is 2. The highest BCUT2D eigenvalue weighted by Gasteiger charge is 2.16. The predicted molar refractivity (Wildman–Crippen MR) is 214 cm³/mol. The fourth-order valence-electron chi connectivity index (χ4n) is 6.11. The second kappa shape index (κ2) is 41.5. The topological polar surface area (TPSA) is 72.8 Å². The number of hydrogen-bond acceptors (Lipinski definition) is 5. The van der Waals surface area contributed by atoms with Crippen LogP contribution in [0.5, 0.6) is 0 Å². The molecule has 50 heavy (non-hydrogen) atoms. The van der Waals surface area contributed by atoms with E-state index < -0.39 is 6.10 Å². The molecule has 0 unspecified atom stereocenters. The zero-order chi connectivity index (χ0) is 36.4. The van der Waals surface area contributed by atoms with E-state index in [2.05, 4.69) is 50.3 Å².